The molecule has 0 fully saturated rings. The average Bonchev–Trinajstić information content (AvgIpc) is 2.93. The molecule has 6 nitrogen and oxygen atoms in total. The number of rotatable bonds is 5. The van der Waals surface area contributed by atoms with E-state index < -0.39 is 6.10 Å². The van der Waals surface area contributed by atoms with Crippen molar-refractivity contribution < 1.29 is 15.0 Å². The second-order valence-electron chi connectivity index (χ2n) is 6.18. The number of amides is 1. The van der Waals surface area contributed by atoms with Crippen molar-refractivity contribution in [2.45, 2.75) is 36.9 Å². The molecule has 2 heterocycles. The van der Waals surface area contributed by atoms with Gasteiger partial charge in [0.15, 0.2) is 0 Å². The zero-order valence-electron chi connectivity index (χ0n) is 14.3. The number of aliphatic hydroxyl groups is 2. The smallest absolute Gasteiger partial charge is 0.227 e. The first-order valence-electron chi connectivity index (χ1n) is 8.37. The van der Waals surface area contributed by atoms with E-state index in [1.807, 2.05) is 40.1 Å². The van der Waals surface area contributed by atoms with E-state index in [1.165, 1.54) is 4.90 Å². The standard InChI is InChI=1S/C18H23N3O3S/c1-25-15-5-3-13(4-6-15)9-18(24)20-7-2-8-21-14(11-20)10-16(19-21)17(23)12-22/h3-6,10,17,22-23H,2,7-9,11-12H2,1H3/t17-/m0/s1. The third kappa shape index (κ3) is 4.23. The molecule has 0 unspecified atom stereocenters. The Morgan fingerprint density at radius 2 is 2.08 bits per heavy atom. The molecule has 0 saturated heterocycles. The van der Waals surface area contributed by atoms with Gasteiger partial charge in [0.25, 0.3) is 0 Å². The summed E-state index contributed by atoms with van der Waals surface area (Å²) in [6.45, 7) is 1.53. The summed E-state index contributed by atoms with van der Waals surface area (Å²) >= 11 is 1.68. The molecule has 1 aliphatic rings. The van der Waals surface area contributed by atoms with Crippen LogP contribution in [-0.4, -0.2) is 50.2 Å². The number of fused-ring (bicyclic) bond motifs is 1. The van der Waals surface area contributed by atoms with Crippen LogP contribution in [0.3, 0.4) is 0 Å². The summed E-state index contributed by atoms with van der Waals surface area (Å²) in [6, 6.07) is 9.85. The van der Waals surface area contributed by atoms with E-state index in [-0.39, 0.29) is 12.5 Å². The van der Waals surface area contributed by atoms with Crippen molar-refractivity contribution in [2.75, 3.05) is 19.4 Å². The quantitative estimate of drug-likeness (QED) is 0.791. The molecule has 1 aromatic heterocycles. The largest absolute Gasteiger partial charge is 0.393 e. The number of nitrogens with zero attached hydrogens (tertiary/aromatic N) is 3. The van der Waals surface area contributed by atoms with E-state index in [0.29, 0.717) is 31.7 Å². The normalized spacial score (nSPS) is 15.6. The highest BCUT2D eigenvalue weighted by Crippen LogP contribution is 2.19. The van der Waals surface area contributed by atoms with Crippen LogP contribution in [-0.2, 0) is 24.3 Å². The summed E-state index contributed by atoms with van der Waals surface area (Å²) in [6.07, 6.45) is 2.26. The highest BCUT2D eigenvalue weighted by Gasteiger charge is 2.22. The van der Waals surface area contributed by atoms with Gasteiger partial charge in [-0.25, -0.2) is 0 Å². The number of thioether (sulfide) groups is 1. The molecule has 3 rings (SSSR count). The zero-order chi connectivity index (χ0) is 17.8. The Labute approximate surface area is 151 Å². The number of hydrogen-bond acceptors (Lipinski definition) is 5. The Morgan fingerprint density at radius 1 is 1.32 bits per heavy atom. The molecule has 1 amide bonds. The molecule has 1 atom stereocenters. The molecule has 0 saturated carbocycles. The average molecular weight is 361 g/mol. The minimum atomic E-state index is -0.974. The number of hydrogen-bond donors (Lipinski definition) is 2. The van der Waals surface area contributed by atoms with Gasteiger partial charge in [-0.1, -0.05) is 12.1 Å². The highest BCUT2D eigenvalue weighted by molar-refractivity contribution is 7.98. The van der Waals surface area contributed by atoms with Crippen LogP contribution in [0.2, 0.25) is 0 Å². The first-order valence-corrected chi connectivity index (χ1v) is 9.59. The van der Waals surface area contributed by atoms with Gasteiger partial charge in [0.05, 0.1) is 31.0 Å². The van der Waals surface area contributed by atoms with Crippen LogP contribution in [0.5, 0.6) is 0 Å². The lowest BCUT2D eigenvalue weighted by molar-refractivity contribution is -0.131. The van der Waals surface area contributed by atoms with E-state index in [9.17, 15) is 9.90 Å². The van der Waals surface area contributed by atoms with Crippen LogP contribution in [0.15, 0.2) is 35.2 Å². The van der Waals surface area contributed by atoms with Gasteiger partial charge >= 0.3 is 0 Å². The maximum absolute atomic E-state index is 12.7. The summed E-state index contributed by atoms with van der Waals surface area (Å²) in [5.41, 5.74) is 2.36. The summed E-state index contributed by atoms with van der Waals surface area (Å²) in [5.74, 6) is 0.0933. The predicted molar refractivity (Wildman–Crippen MR) is 96.2 cm³/mol. The third-order valence-electron chi connectivity index (χ3n) is 4.41. The molecule has 2 N–H and O–H groups in total. The van der Waals surface area contributed by atoms with Crippen molar-refractivity contribution in [3.8, 4) is 0 Å². The zero-order valence-corrected chi connectivity index (χ0v) is 15.1. The number of carbonyl (C=O) groups excluding carboxylic acids is 1. The fourth-order valence-corrected chi connectivity index (χ4v) is 3.39. The fourth-order valence-electron chi connectivity index (χ4n) is 2.98. The Hall–Kier alpha value is -1.83. The molecule has 25 heavy (non-hydrogen) atoms. The molecule has 7 heteroatoms. The monoisotopic (exact) mass is 361 g/mol. The van der Waals surface area contributed by atoms with Crippen LogP contribution in [0.25, 0.3) is 0 Å². The summed E-state index contributed by atoms with van der Waals surface area (Å²) in [4.78, 5) is 15.7. The highest BCUT2D eigenvalue weighted by atomic mass is 32.2. The van der Waals surface area contributed by atoms with Crippen molar-refractivity contribution in [1.29, 1.82) is 0 Å². The third-order valence-corrected chi connectivity index (χ3v) is 5.16. The maximum Gasteiger partial charge on any atom is 0.227 e. The van der Waals surface area contributed by atoms with Crippen LogP contribution in [0, 0.1) is 0 Å². The van der Waals surface area contributed by atoms with Gasteiger partial charge in [-0.05, 0) is 36.4 Å². The summed E-state index contributed by atoms with van der Waals surface area (Å²) in [5, 5.41) is 23.2. The van der Waals surface area contributed by atoms with E-state index in [4.69, 9.17) is 5.11 Å². The number of benzene rings is 1. The molecular weight excluding hydrogens is 338 g/mol. The number of carbonyl (C=O) groups is 1. The predicted octanol–water partition coefficient (Wildman–Crippen LogP) is 1.61. The van der Waals surface area contributed by atoms with Gasteiger partial charge in [-0.2, -0.15) is 5.10 Å². The van der Waals surface area contributed by atoms with Crippen molar-refractivity contribution in [2.24, 2.45) is 0 Å². The number of aliphatic hydroxyl groups excluding tert-OH is 2. The van der Waals surface area contributed by atoms with Crippen LogP contribution < -0.4 is 0 Å². The van der Waals surface area contributed by atoms with Crippen LogP contribution in [0.4, 0.5) is 0 Å². The summed E-state index contributed by atoms with van der Waals surface area (Å²) < 4.78 is 1.83. The lowest BCUT2D eigenvalue weighted by Crippen LogP contribution is -2.32. The van der Waals surface area contributed by atoms with Gasteiger partial charge in [0.1, 0.15) is 6.10 Å². The Morgan fingerprint density at radius 3 is 2.76 bits per heavy atom. The molecule has 2 aromatic rings. The first kappa shape index (κ1) is 18.0. The van der Waals surface area contributed by atoms with Gasteiger partial charge in [-0.3, -0.25) is 9.48 Å². The van der Waals surface area contributed by atoms with Crippen molar-refractivity contribution in [3.05, 3.63) is 47.3 Å². The molecule has 134 valence electrons. The minimum absolute atomic E-state index is 0.0933. The topological polar surface area (TPSA) is 78.6 Å². The molecule has 0 radical (unpaired) electrons. The second kappa shape index (κ2) is 8.03. The lowest BCUT2D eigenvalue weighted by Gasteiger charge is -2.20. The van der Waals surface area contributed by atoms with E-state index >= 15 is 0 Å². The molecule has 0 bridgehead atoms. The molecule has 0 aliphatic carbocycles. The lowest BCUT2D eigenvalue weighted by atomic mass is 10.1. The van der Waals surface area contributed by atoms with Crippen molar-refractivity contribution >= 4 is 17.7 Å². The SMILES string of the molecule is CSc1ccc(CC(=O)N2CCCn3nc([C@@H](O)CO)cc3C2)cc1. The molecular formula is C18H23N3O3S. The van der Waals surface area contributed by atoms with Crippen LogP contribution in [0.1, 0.15) is 29.5 Å². The Balaban J connectivity index is 1.69. The van der Waals surface area contributed by atoms with Crippen molar-refractivity contribution in [1.82, 2.24) is 14.7 Å². The maximum atomic E-state index is 12.7. The molecule has 1 aliphatic heterocycles. The number of aromatic nitrogens is 2. The van der Waals surface area contributed by atoms with Gasteiger partial charge in [0, 0.05) is 18.0 Å². The minimum Gasteiger partial charge on any atom is -0.393 e. The van der Waals surface area contributed by atoms with Crippen molar-refractivity contribution in [3.63, 3.8) is 0 Å². The van der Waals surface area contributed by atoms with E-state index in [1.54, 1.807) is 17.8 Å². The van der Waals surface area contributed by atoms with Gasteiger partial charge < -0.3 is 15.1 Å². The Kier molecular flexibility index (Phi) is 5.78. The first-order chi connectivity index (χ1) is 12.1. The number of aryl methyl sites for hydroxylation is 1. The molecule has 1 aromatic carbocycles. The molecule has 0 spiro atoms. The van der Waals surface area contributed by atoms with Crippen LogP contribution >= 0.6 is 11.8 Å². The van der Waals surface area contributed by atoms with Gasteiger partial charge in [-0.15, -0.1) is 11.8 Å². The Bertz CT molecular complexity index is 730. The van der Waals surface area contributed by atoms with Gasteiger partial charge in [0.2, 0.25) is 5.91 Å². The summed E-state index contributed by atoms with van der Waals surface area (Å²) in [7, 11) is 0. The van der Waals surface area contributed by atoms with E-state index in [0.717, 1.165) is 17.7 Å². The van der Waals surface area contributed by atoms with E-state index in [2.05, 4.69) is 5.10 Å². The second-order valence-corrected chi connectivity index (χ2v) is 7.06. The fraction of sp³-hybridized carbons (Fsp3) is 0.444.